The van der Waals surface area contributed by atoms with Gasteiger partial charge in [0.05, 0.1) is 24.9 Å². The van der Waals surface area contributed by atoms with Gasteiger partial charge < -0.3 is 15.4 Å². The van der Waals surface area contributed by atoms with E-state index in [1.807, 2.05) is 12.1 Å². The molecule has 0 bridgehead atoms. The van der Waals surface area contributed by atoms with Crippen molar-refractivity contribution in [3.63, 3.8) is 0 Å². The van der Waals surface area contributed by atoms with Crippen LogP contribution in [0.1, 0.15) is 28.9 Å². The number of aromatic nitrogens is 1. The van der Waals surface area contributed by atoms with Crippen molar-refractivity contribution in [1.82, 2.24) is 10.3 Å². The van der Waals surface area contributed by atoms with Gasteiger partial charge in [0.1, 0.15) is 5.41 Å². The SMILES string of the molecule is COC(=O)c1ccc(NC(=O)C2(C(=O)NCc3ccccn3)CC2)cc1. The second-order valence-electron chi connectivity index (χ2n) is 6.11. The number of carbonyl (C=O) groups excluding carboxylic acids is 3. The van der Waals surface area contributed by atoms with E-state index < -0.39 is 11.4 Å². The van der Waals surface area contributed by atoms with Gasteiger partial charge in [-0.1, -0.05) is 6.07 Å². The van der Waals surface area contributed by atoms with Gasteiger partial charge in [-0.3, -0.25) is 14.6 Å². The molecule has 0 aliphatic heterocycles. The van der Waals surface area contributed by atoms with E-state index in [2.05, 4.69) is 20.4 Å². The largest absolute Gasteiger partial charge is 0.465 e. The van der Waals surface area contributed by atoms with Gasteiger partial charge in [-0.15, -0.1) is 0 Å². The van der Waals surface area contributed by atoms with Crippen molar-refractivity contribution in [2.24, 2.45) is 5.41 Å². The van der Waals surface area contributed by atoms with E-state index in [4.69, 9.17) is 0 Å². The molecule has 26 heavy (non-hydrogen) atoms. The monoisotopic (exact) mass is 353 g/mol. The summed E-state index contributed by atoms with van der Waals surface area (Å²) >= 11 is 0. The van der Waals surface area contributed by atoms with E-state index in [9.17, 15) is 14.4 Å². The van der Waals surface area contributed by atoms with E-state index in [1.165, 1.54) is 7.11 Å². The summed E-state index contributed by atoms with van der Waals surface area (Å²) in [6.07, 6.45) is 2.67. The van der Waals surface area contributed by atoms with Gasteiger partial charge in [0.15, 0.2) is 0 Å². The molecule has 1 fully saturated rings. The van der Waals surface area contributed by atoms with Crippen LogP contribution in [-0.4, -0.2) is 29.9 Å². The molecule has 0 saturated heterocycles. The van der Waals surface area contributed by atoms with Gasteiger partial charge >= 0.3 is 5.97 Å². The Balaban J connectivity index is 1.59. The van der Waals surface area contributed by atoms with Crippen LogP contribution < -0.4 is 10.6 Å². The molecule has 1 aromatic carbocycles. The number of rotatable bonds is 6. The zero-order chi connectivity index (χ0) is 18.6. The Hall–Kier alpha value is -3.22. The van der Waals surface area contributed by atoms with Crippen molar-refractivity contribution in [2.75, 3.05) is 12.4 Å². The van der Waals surface area contributed by atoms with E-state index in [0.29, 0.717) is 24.1 Å². The molecule has 1 saturated carbocycles. The zero-order valence-electron chi connectivity index (χ0n) is 14.3. The quantitative estimate of drug-likeness (QED) is 0.611. The number of nitrogens with zero attached hydrogens (tertiary/aromatic N) is 1. The molecular formula is C19H19N3O4. The third-order valence-electron chi connectivity index (χ3n) is 4.34. The summed E-state index contributed by atoms with van der Waals surface area (Å²) < 4.78 is 4.63. The number of nitrogens with one attached hydrogen (secondary N) is 2. The van der Waals surface area contributed by atoms with Crippen LogP contribution in [0.3, 0.4) is 0 Å². The number of benzene rings is 1. The summed E-state index contributed by atoms with van der Waals surface area (Å²) in [5, 5.41) is 5.52. The number of carbonyl (C=O) groups is 3. The first-order valence-electron chi connectivity index (χ1n) is 8.23. The Labute approximate surface area is 150 Å². The van der Waals surface area contributed by atoms with Gasteiger partial charge in [0.2, 0.25) is 11.8 Å². The smallest absolute Gasteiger partial charge is 0.337 e. The van der Waals surface area contributed by atoms with Gasteiger partial charge in [0.25, 0.3) is 0 Å². The average Bonchev–Trinajstić information content (AvgIpc) is 3.49. The van der Waals surface area contributed by atoms with Gasteiger partial charge in [-0.25, -0.2) is 4.79 Å². The highest BCUT2D eigenvalue weighted by molar-refractivity contribution is 6.13. The van der Waals surface area contributed by atoms with Gasteiger partial charge in [-0.05, 0) is 49.2 Å². The van der Waals surface area contributed by atoms with Crippen molar-refractivity contribution in [1.29, 1.82) is 0 Å². The molecule has 0 atom stereocenters. The van der Waals surface area contributed by atoms with Crippen molar-refractivity contribution in [3.8, 4) is 0 Å². The number of ether oxygens (including phenoxy) is 1. The minimum absolute atomic E-state index is 0.280. The summed E-state index contributed by atoms with van der Waals surface area (Å²) in [4.78, 5) is 40.6. The predicted molar refractivity (Wildman–Crippen MR) is 94.2 cm³/mol. The predicted octanol–water partition coefficient (Wildman–Crippen LogP) is 1.90. The second kappa shape index (κ2) is 7.35. The van der Waals surface area contributed by atoms with Crippen LogP contribution in [0.15, 0.2) is 48.7 Å². The lowest BCUT2D eigenvalue weighted by Gasteiger charge is -2.15. The molecule has 1 aliphatic rings. The standard InChI is InChI=1S/C19H19N3O4/c1-26-16(23)13-5-7-14(8-6-13)22-18(25)19(9-10-19)17(24)21-12-15-4-2-3-11-20-15/h2-8,11H,9-10,12H2,1H3,(H,21,24)(H,22,25). The van der Waals surface area contributed by atoms with E-state index in [0.717, 1.165) is 5.69 Å². The Morgan fingerprint density at radius 1 is 1.08 bits per heavy atom. The zero-order valence-corrected chi connectivity index (χ0v) is 14.3. The number of esters is 1. The first-order chi connectivity index (χ1) is 12.5. The summed E-state index contributed by atoms with van der Waals surface area (Å²) in [7, 11) is 1.30. The van der Waals surface area contributed by atoms with Crippen LogP contribution in [0.25, 0.3) is 0 Å². The van der Waals surface area contributed by atoms with Crippen LogP contribution in [0.4, 0.5) is 5.69 Å². The average molecular weight is 353 g/mol. The second-order valence-corrected chi connectivity index (χ2v) is 6.11. The molecule has 0 radical (unpaired) electrons. The molecule has 134 valence electrons. The number of methoxy groups -OCH3 is 1. The molecule has 0 spiro atoms. The van der Waals surface area contributed by atoms with Crippen LogP contribution >= 0.6 is 0 Å². The molecule has 7 nitrogen and oxygen atoms in total. The van der Waals surface area contributed by atoms with E-state index >= 15 is 0 Å². The number of hydrogen-bond acceptors (Lipinski definition) is 5. The normalized spacial score (nSPS) is 14.2. The lowest BCUT2D eigenvalue weighted by atomic mass is 10.0. The summed E-state index contributed by atoms with van der Waals surface area (Å²) in [5.41, 5.74) is 0.608. The summed E-state index contributed by atoms with van der Waals surface area (Å²) in [5.74, 6) is -1.09. The van der Waals surface area contributed by atoms with Crippen molar-refractivity contribution >= 4 is 23.5 Å². The topological polar surface area (TPSA) is 97.4 Å². The van der Waals surface area contributed by atoms with Crippen LogP contribution in [0, 0.1) is 5.41 Å². The molecule has 2 aromatic rings. The highest BCUT2D eigenvalue weighted by Crippen LogP contribution is 2.46. The maximum Gasteiger partial charge on any atom is 0.337 e. The highest BCUT2D eigenvalue weighted by atomic mass is 16.5. The maximum atomic E-state index is 12.5. The van der Waals surface area contributed by atoms with Crippen LogP contribution in [0.5, 0.6) is 0 Å². The van der Waals surface area contributed by atoms with Gasteiger partial charge in [0, 0.05) is 11.9 Å². The molecule has 1 aliphatic carbocycles. The Morgan fingerprint density at radius 2 is 1.81 bits per heavy atom. The first-order valence-corrected chi connectivity index (χ1v) is 8.23. The minimum Gasteiger partial charge on any atom is -0.465 e. The fraction of sp³-hybridized carbons (Fsp3) is 0.263. The van der Waals surface area contributed by atoms with Crippen molar-refractivity contribution in [3.05, 3.63) is 59.9 Å². The summed E-state index contributed by atoms with van der Waals surface area (Å²) in [6, 6.07) is 11.8. The lowest BCUT2D eigenvalue weighted by molar-refractivity contribution is -0.134. The van der Waals surface area contributed by atoms with Crippen LogP contribution in [-0.2, 0) is 20.9 Å². The number of pyridine rings is 1. The molecular weight excluding hydrogens is 334 g/mol. The highest BCUT2D eigenvalue weighted by Gasteiger charge is 2.56. The number of anilines is 1. The molecule has 2 amide bonds. The maximum absolute atomic E-state index is 12.5. The van der Waals surface area contributed by atoms with Crippen molar-refractivity contribution in [2.45, 2.75) is 19.4 Å². The molecule has 0 unspecified atom stereocenters. The fourth-order valence-electron chi connectivity index (χ4n) is 2.58. The van der Waals surface area contributed by atoms with E-state index in [-0.39, 0.29) is 18.4 Å². The molecule has 3 rings (SSSR count). The van der Waals surface area contributed by atoms with E-state index in [1.54, 1.807) is 36.5 Å². The number of hydrogen-bond donors (Lipinski definition) is 2. The molecule has 1 aromatic heterocycles. The Morgan fingerprint density at radius 3 is 2.38 bits per heavy atom. The Kier molecular flexibility index (Phi) is 4.97. The lowest BCUT2D eigenvalue weighted by Crippen LogP contribution is -2.39. The molecule has 2 N–H and O–H groups in total. The molecule has 1 heterocycles. The first kappa shape index (κ1) is 17.6. The third-order valence-corrected chi connectivity index (χ3v) is 4.34. The fourth-order valence-corrected chi connectivity index (χ4v) is 2.58. The van der Waals surface area contributed by atoms with Gasteiger partial charge in [-0.2, -0.15) is 0 Å². The third kappa shape index (κ3) is 3.72. The summed E-state index contributed by atoms with van der Waals surface area (Å²) in [6.45, 7) is 0.280. The Bertz CT molecular complexity index is 814. The van der Waals surface area contributed by atoms with Crippen LogP contribution in [0.2, 0.25) is 0 Å². The van der Waals surface area contributed by atoms with Crippen molar-refractivity contribution < 1.29 is 19.1 Å². The number of amides is 2. The minimum atomic E-state index is -1.03. The molecule has 7 heteroatoms.